The van der Waals surface area contributed by atoms with Gasteiger partial charge in [-0.2, -0.15) is 0 Å². The van der Waals surface area contributed by atoms with E-state index in [2.05, 4.69) is 44.2 Å². The summed E-state index contributed by atoms with van der Waals surface area (Å²) in [5.41, 5.74) is 5.58. The SMILES string of the molecule is COc1ccc2c(c1)C(C(=O)N(Cc1ccc(Cl)cc1)c1ccc(C(C)C)cc1)CCC2. The van der Waals surface area contributed by atoms with Crippen LogP contribution < -0.4 is 9.64 Å². The van der Waals surface area contributed by atoms with Gasteiger partial charge < -0.3 is 9.64 Å². The third kappa shape index (κ3) is 4.83. The van der Waals surface area contributed by atoms with E-state index in [1.807, 2.05) is 41.3 Å². The quantitative estimate of drug-likeness (QED) is 0.402. The lowest BCUT2D eigenvalue weighted by molar-refractivity contribution is -0.120. The van der Waals surface area contributed by atoms with Crippen molar-refractivity contribution in [1.82, 2.24) is 0 Å². The van der Waals surface area contributed by atoms with Crippen LogP contribution in [0.1, 0.15) is 60.8 Å². The van der Waals surface area contributed by atoms with Gasteiger partial charge >= 0.3 is 0 Å². The number of halogens is 1. The number of carbonyl (C=O) groups excluding carboxylic acids is 1. The molecular formula is C28H30ClNO2. The molecule has 1 atom stereocenters. The zero-order valence-electron chi connectivity index (χ0n) is 19.0. The van der Waals surface area contributed by atoms with Gasteiger partial charge in [0.2, 0.25) is 5.91 Å². The molecule has 1 amide bonds. The van der Waals surface area contributed by atoms with Crippen molar-refractivity contribution >= 4 is 23.2 Å². The number of hydrogen-bond donors (Lipinski definition) is 0. The molecule has 0 spiro atoms. The Morgan fingerprint density at radius 1 is 1.06 bits per heavy atom. The van der Waals surface area contributed by atoms with Crippen LogP contribution in [0, 0.1) is 0 Å². The molecule has 3 nitrogen and oxygen atoms in total. The van der Waals surface area contributed by atoms with Crippen LogP contribution >= 0.6 is 11.6 Å². The predicted octanol–water partition coefficient (Wildman–Crippen LogP) is 7.13. The Bertz CT molecular complexity index is 1070. The molecule has 4 rings (SSSR count). The van der Waals surface area contributed by atoms with E-state index >= 15 is 0 Å². The van der Waals surface area contributed by atoms with E-state index in [1.165, 1.54) is 11.1 Å². The second kappa shape index (κ2) is 9.79. The Kier molecular flexibility index (Phi) is 6.86. The third-order valence-corrected chi connectivity index (χ3v) is 6.61. The van der Waals surface area contributed by atoms with Crippen LogP contribution in [0.3, 0.4) is 0 Å². The second-order valence-electron chi connectivity index (χ2n) is 8.81. The fourth-order valence-electron chi connectivity index (χ4n) is 4.46. The van der Waals surface area contributed by atoms with Gasteiger partial charge in [0.15, 0.2) is 0 Å². The molecule has 0 fully saturated rings. The van der Waals surface area contributed by atoms with E-state index in [0.29, 0.717) is 17.5 Å². The number of hydrogen-bond acceptors (Lipinski definition) is 2. The van der Waals surface area contributed by atoms with Gasteiger partial charge in [-0.15, -0.1) is 0 Å². The molecule has 3 aromatic rings. The highest BCUT2D eigenvalue weighted by atomic mass is 35.5. The first-order valence-electron chi connectivity index (χ1n) is 11.3. The maximum atomic E-state index is 14.0. The first kappa shape index (κ1) is 22.4. The van der Waals surface area contributed by atoms with Crippen LogP contribution in [-0.2, 0) is 17.8 Å². The molecule has 1 unspecified atom stereocenters. The van der Waals surface area contributed by atoms with Crippen LogP contribution in [0.2, 0.25) is 5.02 Å². The zero-order chi connectivity index (χ0) is 22.7. The highest BCUT2D eigenvalue weighted by Crippen LogP contribution is 2.37. The zero-order valence-corrected chi connectivity index (χ0v) is 19.7. The Labute approximate surface area is 196 Å². The van der Waals surface area contributed by atoms with Crippen LogP contribution in [0.25, 0.3) is 0 Å². The number of fused-ring (bicyclic) bond motifs is 1. The molecule has 0 bridgehead atoms. The molecule has 0 aliphatic heterocycles. The van der Waals surface area contributed by atoms with Crippen molar-refractivity contribution in [3.63, 3.8) is 0 Å². The normalized spacial score (nSPS) is 15.3. The van der Waals surface area contributed by atoms with Gasteiger partial charge in [-0.3, -0.25) is 4.79 Å². The van der Waals surface area contributed by atoms with Crippen molar-refractivity contribution < 1.29 is 9.53 Å². The Hall–Kier alpha value is -2.78. The Morgan fingerprint density at radius 3 is 2.44 bits per heavy atom. The van der Waals surface area contributed by atoms with Crippen molar-refractivity contribution in [3.8, 4) is 5.75 Å². The van der Waals surface area contributed by atoms with Crippen molar-refractivity contribution in [2.45, 2.75) is 51.5 Å². The number of nitrogens with zero attached hydrogens (tertiary/aromatic N) is 1. The fraction of sp³-hybridized carbons (Fsp3) is 0.321. The summed E-state index contributed by atoms with van der Waals surface area (Å²) in [6.07, 6.45) is 2.86. The van der Waals surface area contributed by atoms with Crippen molar-refractivity contribution in [1.29, 1.82) is 0 Å². The van der Waals surface area contributed by atoms with Gasteiger partial charge in [0.1, 0.15) is 5.75 Å². The van der Waals surface area contributed by atoms with Gasteiger partial charge in [0.05, 0.1) is 19.6 Å². The van der Waals surface area contributed by atoms with Crippen LogP contribution in [0.5, 0.6) is 5.75 Å². The van der Waals surface area contributed by atoms with Gasteiger partial charge in [-0.1, -0.05) is 55.8 Å². The van der Waals surface area contributed by atoms with E-state index in [0.717, 1.165) is 41.8 Å². The molecule has 166 valence electrons. The largest absolute Gasteiger partial charge is 0.497 e. The number of amides is 1. The lowest BCUT2D eigenvalue weighted by Gasteiger charge is -2.31. The van der Waals surface area contributed by atoms with E-state index < -0.39 is 0 Å². The first-order chi connectivity index (χ1) is 15.5. The minimum Gasteiger partial charge on any atom is -0.497 e. The van der Waals surface area contributed by atoms with Crippen molar-refractivity contribution in [2.75, 3.05) is 12.0 Å². The summed E-state index contributed by atoms with van der Waals surface area (Å²) in [5, 5.41) is 0.696. The highest BCUT2D eigenvalue weighted by Gasteiger charge is 2.31. The standard InChI is InChI=1S/C28H30ClNO2/c1-19(2)21-9-14-24(15-10-21)30(18-20-7-12-23(29)13-8-20)28(31)26-6-4-5-22-11-16-25(32-3)17-27(22)26/h7-17,19,26H,4-6,18H2,1-3H3. The summed E-state index contributed by atoms with van der Waals surface area (Å²) in [6, 6.07) is 22.3. The summed E-state index contributed by atoms with van der Waals surface area (Å²) < 4.78 is 5.46. The summed E-state index contributed by atoms with van der Waals surface area (Å²) in [7, 11) is 1.67. The Balaban J connectivity index is 1.71. The number of rotatable bonds is 6. The number of carbonyl (C=O) groups is 1. The lowest BCUT2D eigenvalue weighted by Crippen LogP contribution is -2.36. The number of methoxy groups -OCH3 is 1. The van der Waals surface area contributed by atoms with E-state index in [1.54, 1.807) is 7.11 Å². The van der Waals surface area contributed by atoms with E-state index in [9.17, 15) is 4.79 Å². The summed E-state index contributed by atoms with van der Waals surface area (Å²) in [6.45, 7) is 4.86. The summed E-state index contributed by atoms with van der Waals surface area (Å²) in [5.74, 6) is 1.20. The van der Waals surface area contributed by atoms with Crippen LogP contribution in [0.15, 0.2) is 66.7 Å². The van der Waals surface area contributed by atoms with Gasteiger partial charge in [-0.25, -0.2) is 0 Å². The molecule has 0 N–H and O–H groups in total. The number of anilines is 1. The lowest BCUT2D eigenvalue weighted by atomic mass is 9.81. The molecule has 3 aromatic carbocycles. The highest BCUT2D eigenvalue weighted by molar-refractivity contribution is 6.30. The van der Waals surface area contributed by atoms with Crippen molar-refractivity contribution in [2.24, 2.45) is 0 Å². The molecule has 0 saturated carbocycles. The van der Waals surface area contributed by atoms with Crippen LogP contribution in [-0.4, -0.2) is 13.0 Å². The number of benzene rings is 3. The van der Waals surface area contributed by atoms with Gasteiger partial charge in [-0.05, 0) is 83.8 Å². The third-order valence-electron chi connectivity index (χ3n) is 6.36. The average Bonchev–Trinajstić information content (AvgIpc) is 2.82. The van der Waals surface area contributed by atoms with Crippen LogP contribution in [0.4, 0.5) is 5.69 Å². The smallest absolute Gasteiger partial charge is 0.234 e. The van der Waals surface area contributed by atoms with Gasteiger partial charge in [0.25, 0.3) is 0 Å². The first-order valence-corrected chi connectivity index (χ1v) is 11.7. The minimum absolute atomic E-state index is 0.131. The summed E-state index contributed by atoms with van der Waals surface area (Å²) in [4.78, 5) is 15.9. The molecule has 1 aliphatic rings. The molecule has 0 heterocycles. The van der Waals surface area contributed by atoms with E-state index in [4.69, 9.17) is 16.3 Å². The molecule has 0 saturated heterocycles. The molecule has 32 heavy (non-hydrogen) atoms. The molecule has 1 aliphatic carbocycles. The van der Waals surface area contributed by atoms with Crippen molar-refractivity contribution in [3.05, 3.63) is 94.0 Å². The maximum absolute atomic E-state index is 14.0. The number of aryl methyl sites for hydroxylation is 1. The van der Waals surface area contributed by atoms with Gasteiger partial charge in [0, 0.05) is 10.7 Å². The monoisotopic (exact) mass is 447 g/mol. The molecule has 0 radical (unpaired) electrons. The summed E-state index contributed by atoms with van der Waals surface area (Å²) >= 11 is 6.09. The number of ether oxygens (including phenoxy) is 1. The minimum atomic E-state index is -0.175. The average molecular weight is 448 g/mol. The second-order valence-corrected chi connectivity index (χ2v) is 9.24. The topological polar surface area (TPSA) is 29.5 Å². The molecule has 0 aromatic heterocycles. The Morgan fingerprint density at radius 2 is 1.78 bits per heavy atom. The molecular weight excluding hydrogens is 418 g/mol. The fourth-order valence-corrected chi connectivity index (χ4v) is 4.58. The van der Waals surface area contributed by atoms with E-state index in [-0.39, 0.29) is 11.8 Å². The molecule has 4 heteroatoms. The maximum Gasteiger partial charge on any atom is 0.234 e. The predicted molar refractivity (Wildman–Crippen MR) is 132 cm³/mol.